The molecule has 1 aliphatic carbocycles. The molecule has 1 aliphatic heterocycles. The standard InChI is InChI=1S/C20H23N3O2/c1-2-25-18-12-17(24)20(18)7-9-23(10-8-20)19-11-14(13-21)15-5-3-4-6-16(15)22-19/h3-6,11,17-18,24H,2,7-10,12H2,1H3/t17-,18-/m0/s1. The van der Waals surface area contributed by atoms with Crippen molar-refractivity contribution < 1.29 is 9.84 Å². The van der Waals surface area contributed by atoms with E-state index < -0.39 is 0 Å². The fraction of sp³-hybridized carbons (Fsp3) is 0.500. The molecule has 130 valence electrons. The number of piperidine rings is 1. The summed E-state index contributed by atoms with van der Waals surface area (Å²) in [5.74, 6) is 0.854. The van der Waals surface area contributed by atoms with Crippen LogP contribution in [0.1, 0.15) is 31.7 Å². The Morgan fingerprint density at radius 3 is 2.80 bits per heavy atom. The first kappa shape index (κ1) is 16.3. The summed E-state index contributed by atoms with van der Waals surface area (Å²) in [4.78, 5) is 6.98. The van der Waals surface area contributed by atoms with E-state index in [9.17, 15) is 10.4 Å². The van der Waals surface area contributed by atoms with E-state index in [2.05, 4.69) is 11.0 Å². The molecular weight excluding hydrogens is 314 g/mol. The summed E-state index contributed by atoms with van der Waals surface area (Å²) in [5, 5.41) is 20.7. The highest BCUT2D eigenvalue weighted by Gasteiger charge is 2.56. The number of nitrogens with zero attached hydrogens (tertiary/aromatic N) is 3. The van der Waals surface area contributed by atoms with Crippen molar-refractivity contribution in [3.05, 3.63) is 35.9 Å². The van der Waals surface area contributed by atoms with Crippen LogP contribution in [0.5, 0.6) is 0 Å². The molecule has 0 bridgehead atoms. The number of aliphatic hydroxyl groups is 1. The summed E-state index contributed by atoms with van der Waals surface area (Å²) < 4.78 is 5.84. The van der Waals surface area contributed by atoms with E-state index in [0.717, 1.165) is 49.1 Å². The Balaban J connectivity index is 1.57. The van der Waals surface area contributed by atoms with Crippen molar-refractivity contribution in [3.63, 3.8) is 0 Å². The number of hydrogen-bond donors (Lipinski definition) is 1. The van der Waals surface area contributed by atoms with Crippen molar-refractivity contribution in [1.82, 2.24) is 4.98 Å². The van der Waals surface area contributed by atoms with Crippen molar-refractivity contribution in [2.24, 2.45) is 5.41 Å². The Morgan fingerprint density at radius 1 is 1.36 bits per heavy atom. The predicted octanol–water partition coefficient (Wildman–Crippen LogP) is 2.86. The molecule has 2 atom stereocenters. The van der Waals surface area contributed by atoms with Gasteiger partial charge in [-0.3, -0.25) is 0 Å². The molecule has 2 aliphatic rings. The minimum Gasteiger partial charge on any atom is -0.392 e. The molecule has 0 radical (unpaired) electrons. The van der Waals surface area contributed by atoms with E-state index in [-0.39, 0.29) is 17.6 Å². The molecule has 1 spiro atoms. The minimum absolute atomic E-state index is 0.0958. The highest BCUT2D eigenvalue weighted by Crippen LogP contribution is 2.51. The van der Waals surface area contributed by atoms with E-state index >= 15 is 0 Å². The molecule has 1 saturated carbocycles. The average Bonchev–Trinajstić information content (AvgIpc) is 2.67. The number of rotatable bonds is 3. The molecule has 0 amide bonds. The smallest absolute Gasteiger partial charge is 0.130 e. The van der Waals surface area contributed by atoms with Gasteiger partial charge in [-0.25, -0.2) is 4.98 Å². The van der Waals surface area contributed by atoms with Crippen molar-refractivity contribution in [2.75, 3.05) is 24.6 Å². The molecular formula is C20H23N3O2. The maximum atomic E-state index is 10.3. The van der Waals surface area contributed by atoms with Crippen molar-refractivity contribution in [1.29, 1.82) is 5.26 Å². The average molecular weight is 337 g/mol. The number of para-hydroxylation sites is 1. The molecule has 25 heavy (non-hydrogen) atoms. The van der Waals surface area contributed by atoms with Crippen molar-refractivity contribution in [3.8, 4) is 6.07 Å². The molecule has 5 nitrogen and oxygen atoms in total. The van der Waals surface area contributed by atoms with Gasteiger partial charge in [0.05, 0.1) is 29.4 Å². The molecule has 2 heterocycles. The van der Waals surface area contributed by atoms with Gasteiger partial charge in [0, 0.05) is 36.9 Å². The summed E-state index contributed by atoms with van der Waals surface area (Å²) in [5.41, 5.74) is 1.42. The molecule has 1 aromatic carbocycles. The maximum Gasteiger partial charge on any atom is 0.130 e. The van der Waals surface area contributed by atoms with Crippen LogP contribution in [0.3, 0.4) is 0 Å². The van der Waals surface area contributed by atoms with Gasteiger partial charge in [-0.15, -0.1) is 0 Å². The molecule has 5 heteroatoms. The number of aliphatic hydroxyl groups excluding tert-OH is 1. The largest absolute Gasteiger partial charge is 0.392 e. The summed E-state index contributed by atoms with van der Waals surface area (Å²) in [6.45, 7) is 4.37. The summed E-state index contributed by atoms with van der Waals surface area (Å²) in [7, 11) is 0. The van der Waals surface area contributed by atoms with Crippen LogP contribution in [0, 0.1) is 16.7 Å². The first-order valence-corrected chi connectivity index (χ1v) is 9.02. The third-order valence-electron chi connectivity index (χ3n) is 5.95. The summed E-state index contributed by atoms with van der Waals surface area (Å²) >= 11 is 0. The Bertz CT molecular complexity index is 819. The maximum absolute atomic E-state index is 10.3. The quantitative estimate of drug-likeness (QED) is 0.933. The van der Waals surface area contributed by atoms with Gasteiger partial charge in [-0.05, 0) is 31.9 Å². The van der Waals surface area contributed by atoms with E-state index in [1.807, 2.05) is 37.3 Å². The Labute approximate surface area is 147 Å². The van der Waals surface area contributed by atoms with Gasteiger partial charge in [0.25, 0.3) is 0 Å². The van der Waals surface area contributed by atoms with E-state index in [4.69, 9.17) is 9.72 Å². The minimum atomic E-state index is -0.259. The fourth-order valence-electron chi connectivity index (χ4n) is 4.38. The Hall–Kier alpha value is -2.16. The highest BCUT2D eigenvalue weighted by molar-refractivity contribution is 5.86. The lowest BCUT2D eigenvalue weighted by atomic mass is 9.58. The van der Waals surface area contributed by atoms with Gasteiger partial charge in [0.2, 0.25) is 0 Å². The fourth-order valence-corrected chi connectivity index (χ4v) is 4.38. The zero-order valence-electron chi connectivity index (χ0n) is 14.5. The van der Waals surface area contributed by atoms with Gasteiger partial charge in [0.15, 0.2) is 0 Å². The van der Waals surface area contributed by atoms with Crippen molar-refractivity contribution >= 4 is 16.7 Å². The van der Waals surface area contributed by atoms with E-state index in [1.165, 1.54) is 0 Å². The van der Waals surface area contributed by atoms with Crippen LogP contribution in [0.25, 0.3) is 10.9 Å². The van der Waals surface area contributed by atoms with Crippen LogP contribution >= 0.6 is 0 Å². The number of pyridine rings is 1. The highest BCUT2D eigenvalue weighted by atomic mass is 16.5. The predicted molar refractivity (Wildman–Crippen MR) is 96.4 cm³/mol. The number of anilines is 1. The lowest BCUT2D eigenvalue weighted by molar-refractivity contribution is -0.199. The van der Waals surface area contributed by atoms with Gasteiger partial charge in [-0.2, -0.15) is 5.26 Å². The number of ether oxygens (including phenoxy) is 1. The number of aromatic nitrogens is 1. The normalized spacial score (nSPS) is 24.9. The number of benzene rings is 1. The van der Waals surface area contributed by atoms with Crippen LogP contribution in [-0.2, 0) is 4.74 Å². The van der Waals surface area contributed by atoms with Crippen LogP contribution in [0.2, 0.25) is 0 Å². The second kappa shape index (κ2) is 6.29. The van der Waals surface area contributed by atoms with Crippen LogP contribution in [0.15, 0.2) is 30.3 Å². The van der Waals surface area contributed by atoms with Crippen LogP contribution in [0.4, 0.5) is 5.82 Å². The first-order chi connectivity index (χ1) is 12.2. The van der Waals surface area contributed by atoms with Crippen molar-refractivity contribution in [2.45, 2.75) is 38.4 Å². The van der Waals surface area contributed by atoms with E-state index in [1.54, 1.807) is 0 Å². The monoisotopic (exact) mass is 337 g/mol. The Kier molecular flexibility index (Phi) is 4.10. The molecule has 1 saturated heterocycles. The van der Waals surface area contributed by atoms with Gasteiger partial charge in [0.1, 0.15) is 5.82 Å². The van der Waals surface area contributed by atoms with E-state index in [0.29, 0.717) is 12.2 Å². The first-order valence-electron chi connectivity index (χ1n) is 9.02. The second-order valence-electron chi connectivity index (χ2n) is 7.07. The lowest BCUT2D eigenvalue weighted by Gasteiger charge is -2.56. The zero-order chi connectivity index (χ0) is 17.4. The zero-order valence-corrected chi connectivity index (χ0v) is 14.5. The molecule has 0 unspecified atom stereocenters. The molecule has 2 fully saturated rings. The lowest BCUT2D eigenvalue weighted by Crippen LogP contribution is -2.62. The van der Waals surface area contributed by atoms with Gasteiger partial charge >= 0.3 is 0 Å². The molecule has 1 N–H and O–H groups in total. The summed E-state index contributed by atoms with van der Waals surface area (Å²) in [6, 6.07) is 11.9. The third kappa shape index (κ3) is 2.57. The topological polar surface area (TPSA) is 69.4 Å². The van der Waals surface area contributed by atoms with Gasteiger partial charge in [-0.1, -0.05) is 18.2 Å². The summed E-state index contributed by atoms with van der Waals surface area (Å²) in [6.07, 6.45) is 2.46. The van der Waals surface area contributed by atoms with Crippen LogP contribution in [-0.4, -0.2) is 42.0 Å². The number of fused-ring (bicyclic) bond motifs is 1. The third-order valence-corrected chi connectivity index (χ3v) is 5.95. The van der Waals surface area contributed by atoms with Gasteiger partial charge < -0.3 is 14.7 Å². The number of nitriles is 1. The molecule has 1 aromatic heterocycles. The molecule has 2 aromatic rings. The van der Waals surface area contributed by atoms with Crippen LogP contribution < -0.4 is 4.90 Å². The molecule has 4 rings (SSSR count). The SMILES string of the molecule is CCO[C@H]1C[C@H](O)C12CCN(c1cc(C#N)c3ccccc3n1)CC2. The number of hydrogen-bond acceptors (Lipinski definition) is 5. The Morgan fingerprint density at radius 2 is 2.12 bits per heavy atom. The second-order valence-corrected chi connectivity index (χ2v) is 7.07.